The summed E-state index contributed by atoms with van der Waals surface area (Å²) < 4.78 is 0. The predicted molar refractivity (Wildman–Crippen MR) is 53.3 cm³/mol. The zero-order valence-electron chi connectivity index (χ0n) is 8.40. The van der Waals surface area contributed by atoms with E-state index in [2.05, 4.69) is 24.5 Å². The van der Waals surface area contributed by atoms with Crippen LogP contribution in [0.25, 0.3) is 0 Å². The summed E-state index contributed by atoms with van der Waals surface area (Å²) in [6.07, 6.45) is 4.13. The second-order valence-corrected chi connectivity index (χ2v) is 3.91. The Balaban J connectivity index is 1.75. The van der Waals surface area contributed by atoms with Gasteiger partial charge in [0.2, 0.25) is 0 Å². The molecule has 72 valence electrons. The molecule has 1 aliphatic rings. The summed E-state index contributed by atoms with van der Waals surface area (Å²) in [5.41, 5.74) is 0. The maximum Gasteiger partial charge on any atom is 0.00792 e. The molecule has 2 nitrogen and oxygen atoms in total. The molecule has 0 aromatic carbocycles. The molecular formula is C10H22N2. The van der Waals surface area contributed by atoms with E-state index < -0.39 is 0 Å². The molecule has 2 heteroatoms. The number of rotatable bonds is 7. The summed E-state index contributed by atoms with van der Waals surface area (Å²) in [6, 6.07) is 0.674. The molecule has 0 aromatic heterocycles. The van der Waals surface area contributed by atoms with Gasteiger partial charge in [0.25, 0.3) is 0 Å². The quantitative estimate of drug-likeness (QED) is 0.564. The van der Waals surface area contributed by atoms with E-state index in [-0.39, 0.29) is 0 Å². The van der Waals surface area contributed by atoms with Crippen LogP contribution >= 0.6 is 0 Å². The van der Waals surface area contributed by atoms with Gasteiger partial charge in [0, 0.05) is 19.1 Å². The van der Waals surface area contributed by atoms with Crippen molar-refractivity contribution in [3.05, 3.63) is 0 Å². The normalized spacial score (nSPS) is 19.5. The van der Waals surface area contributed by atoms with E-state index in [1.165, 1.54) is 25.8 Å². The van der Waals surface area contributed by atoms with E-state index in [0.29, 0.717) is 6.04 Å². The van der Waals surface area contributed by atoms with Crippen molar-refractivity contribution in [3.63, 3.8) is 0 Å². The van der Waals surface area contributed by atoms with Crippen molar-refractivity contribution in [2.45, 2.75) is 39.2 Å². The summed E-state index contributed by atoms with van der Waals surface area (Å²) in [5.74, 6) is 1.01. The van der Waals surface area contributed by atoms with Crippen molar-refractivity contribution in [2.24, 2.45) is 5.92 Å². The van der Waals surface area contributed by atoms with Crippen LogP contribution in [0.15, 0.2) is 0 Å². The standard InChI is InChI=1S/C10H22N2/c1-3-9(2)12-7-6-11-8-10-4-5-10/h9-12H,3-8H2,1-2H3. The molecule has 1 aliphatic carbocycles. The molecule has 0 spiro atoms. The topological polar surface area (TPSA) is 24.1 Å². The fourth-order valence-corrected chi connectivity index (χ4v) is 1.18. The molecule has 2 N–H and O–H groups in total. The van der Waals surface area contributed by atoms with Crippen molar-refractivity contribution < 1.29 is 0 Å². The molecule has 0 radical (unpaired) electrons. The number of nitrogens with one attached hydrogen (secondary N) is 2. The summed E-state index contributed by atoms with van der Waals surface area (Å²) in [7, 11) is 0. The fourth-order valence-electron chi connectivity index (χ4n) is 1.18. The molecule has 1 rings (SSSR count). The second kappa shape index (κ2) is 5.55. The monoisotopic (exact) mass is 170 g/mol. The van der Waals surface area contributed by atoms with Crippen LogP contribution in [0.2, 0.25) is 0 Å². The Kier molecular flexibility index (Phi) is 4.62. The van der Waals surface area contributed by atoms with Gasteiger partial charge >= 0.3 is 0 Å². The Bertz CT molecular complexity index is 110. The first-order valence-corrected chi connectivity index (χ1v) is 5.27. The van der Waals surface area contributed by atoms with Gasteiger partial charge in [0.05, 0.1) is 0 Å². The summed E-state index contributed by atoms with van der Waals surface area (Å²) in [6.45, 7) is 7.93. The van der Waals surface area contributed by atoms with Crippen LogP contribution in [0.4, 0.5) is 0 Å². The largest absolute Gasteiger partial charge is 0.315 e. The predicted octanol–water partition coefficient (Wildman–Crippen LogP) is 1.37. The molecule has 1 unspecified atom stereocenters. The molecule has 0 amide bonds. The van der Waals surface area contributed by atoms with Crippen molar-refractivity contribution in [2.75, 3.05) is 19.6 Å². The average molecular weight is 170 g/mol. The van der Waals surface area contributed by atoms with Gasteiger partial charge in [-0.1, -0.05) is 6.92 Å². The third-order valence-corrected chi connectivity index (χ3v) is 2.54. The molecule has 12 heavy (non-hydrogen) atoms. The summed E-state index contributed by atoms with van der Waals surface area (Å²) in [5, 5.41) is 6.93. The van der Waals surface area contributed by atoms with Gasteiger partial charge in [-0.2, -0.15) is 0 Å². The first kappa shape index (κ1) is 10.0. The highest BCUT2D eigenvalue weighted by atomic mass is 15.0. The Hall–Kier alpha value is -0.0800. The minimum Gasteiger partial charge on any atom is -0.315 e. The SMILES string of the molecule is CCC(C)NCCNCC1CC1. The zero-order chi connectivity index (χ0) is 8.81. The smallest absolute Gasteiger partial charge is 0.00792 e. The van der Waals surface area contributed by atoms with Gasteiger partial charge in [-0.15, -0.1) is 0 Å². The molecule has 1 atom stereocenters. The average Bonchev–Trinajstić information content (AvgIpc) is 2.87. The highest BCUT2D eigenvalue weighted by Crippen LogP contribution is 2.27. The highest BCUT2D eigenvalue weighted by molar-refractivity contribution is 4.75. The van der Waals surface area contributed by atoms with Gasteiger partial charge in [0.1, 0.15) is 0 Å². The first-order valence-electron chi connectivity index (χ1n) is 5.27. The van der Waals surface area contributed by atoms with Crippen molar-refractivity contribution in [3.8, 4) is 0 Å². The lowest BCUT2D eigenvalue weighted by atomic mass is 10.2. The van der Waals surface area contributed by atoms with Crippen LogP contribution in [0.5, 0.6) is 0 Å². The van der Waals surface area contributed by atoms with E-state index >= 15 is 0 Å². The molecule has 1 fully saturated rings. The lowest BCUT2D eigenvalue weighted by molar-refractivity contribution is 0.512. The summed E-state index contributed by atoms with van der Waals surface area (Å²) >= 11 is 0. The van der Waals surface area contributed by atoms with Crippen LogP contribution < -0.4 is 10.6 Å². The molecule has 0 heterocycles. The molecule has 0 aliphatic heterocycles. The number of hydrogen-bond acceptors (Lipinski definition) is 2. The van der Waals surface area contributed by atoms with Crippen molar-refractivity contribution in [1.29, 1.82) is 0 Å². The van der Waals surface area contributed by atoms with E-state index in [1.807, 2.05) is 0 Å². The lowest BCUT2D eigenvalue weighted by Crippen LogP contribution is -2.33. The van der Waals surface area contributed by atoms with Crippen molar-refractivity contribution >= 4 is 0 Å². The minimum atomic E-state index is 0.674. The molecule has 0 aromatic rings. The molecule has 0 saturated heterocycles. The van der Waals surface area contributed by atoms with E-state index in [4.69, 9.17) is 0 Å². The van der Waals surface area contributed by atoms with Crippen LogP contribution in [-0.2, 0) is 0 Å². The third kappa shape index (κ3) is 4.73. The van der Waals surface area contributed by atoms with Crippen molar-refractivity contribution in [1.82, 2.24) is 10.6 Å². The summed E-state index contributed by atoms with van der Waals surface area (Å²) in [4.78, 5) is 0. The highest BCUT2D eigenvalue weighted by Gasteiger charge is 2.19. The Labute approximate surface area is 76.1 Å². The second-order valence-electron chi connectivity index (χ2n) is 3.91. The third-order valence-electron chi connectivity index (χ3n) is 2.54. The van der Waals surface area contributed by atoms with E-state index in [0.717, 1.165) is 19.0 Å². The van der Waals surface area contributed by atoms with Crippen LogP contribution in [0.1, 0.15) is 33.1 Å². The molecular weight excluding hydrogens is 148 g/mol. The molecule has 0 bridgehead atoms. The maximum absolute atomic E-state index is 3.46. The maximum atomic E-state index is 3.46. The van der Waals surface area contributed by atoms with E-state index in [1.54, 1.807) is 0 Å². The van der Waals surface area contributed by atoms with Gasteiger partial charge in [-0.3, -0.25) is 0 Å². The zero-order valence-corrected chi connectivity index (χ0v) is 8.40. The molecule has 1 saturated carbocycles. The van der Waals surface area contributed by atoms with Gasteiger partial charge in [0.15, 0.2) is 0 Å². The Morgan fingerprint density at radius 2 is 2.08 bits per heavy atom. The first-order chi connectivity index (χ1) is 5.83. The van der Waals surface area contributed by atoms with Gasteiger partial charge < -0.3 is 10.6 Å². The fraction of sp³-hybridized carbons (Fsp3) is 1.00. The number of hydrogen-bond donors (Lipinski definition) is 2. The van der Waals surface area contributed by atoms with Crippen LogP contribution in [-0.4, -0.2) is 25.7 Å². The van der Waals surface area contributed by atoms with Gasteiger partial charge in [-0.25, -0.2) is 0 Å². The van der Waals surface area contributed by atoms with Crippen LogP contribution in [0, 0.1) is 5.92 Å². The van der Waals surface area contributed by atoms with Gasteiger partial charge in [-0.05, 0) is 38.6 Å². The van der Waals surface area contributed by atoms with Crippen LogP contribution in [0.3, 0.4) is 0 Å². The van der Waals surface area contributed by atoms with E-state index in [9.17, 15) is 0 Å². The Morgan fingerprint density at radius 3 is 2.67 bits per heavy atom. The minimum absolute atomic E-state index is 0.674. The Morgan fingerprint density at radius 1 is 1.33 bits per heavy atom. The lowest BCUT2D eigenvalue weighted by Gasteiger charge is -2.11.